The number of rotatable bonds is 12. The second kappa shape index (κ2) is 12.5. The summed E-state index contributed by atoms with van der Waals surface area (Å²) in [4.78, 5) is 2.45. The average Bonchev–Trinajstić information content (AvgIpc) is 3.23. The molecule has 1 nitrogen and oxygen atoms in total. The highest BCUT2D eigenvalue weighted by atomic mass is 15.1. The van der Waals surface area contributed by atoms with E-state index in [1.54, 1.807) is 0 Å². The van der Waals surface area contributed by atoms with Gasteiger partial charge in [-0.25, -0.2) is 0 Å². The Morgan fingerprint density at radius 2 is 1.12 bits per heavy atom. The van der Waals surface area contributed by atoms with Crippen molar-refractivity contribution in [1.82, 2.24) is 0 Å². The lowest BCUT2D eigenvalue weighted by Gasteiger charge is -2.31. The normalized spacial score (nSPS) is 15.9. The number of benzene rings is 4. The summed E-state index contributed by atoms with van der Waals surface area (Å²) in [7, 11) is 0. The van der Waals surface area contributed by atoms with E-state index in [0.29, 0.717) is 0 Å². The lowest BCUT2D eigenvalue weighted by atomic mass is 9.75. The molecular weight excluding hydrogens is 506 g/mol. The zero-order valence-corrected chi connectivity index (χ0v) is 27.2. The van der Waals surface area contributed by atoms with Crippen molar-refractivity contribution in [2.24, 2.45) is 0 Å². The number of aryl methyl sites for hydroxylation is 2. The van der Waals surface area contributed by atoms with Gasteiger partial charge in [0.15, 0.2) is 0 Å². The third kappa shape index (κ3) is 5.94. The molecule has 0 N–H and O–H groups in total. The molecule has 0 aliphatic heterocycles. The minimum Gasteiger partial charge on any atom is -0.310 e. The van der Waals surface area contributed by atoms with Crippen LogP contribution in [-0.2, 0) is 10.8 Å². The van der Waals surface area contributed by atoms with Crippen LogP contribution in [0, 0.1) is 13.8 Å². The molecule has 0 aromatic heterocycles. The van der Waals surface area contributed by atoms with Gasteiger partial charge in [0, 0.05) is 22.5 Å². The zero-order valence-electron chi connectivity index (χ0n) is 27.2. The summed E-state index contributed by atoms with van der Waals surface area (Å²) in [5.74, 6) is 0. The Kier molecular flexibility index (Phi) is 8.97. The van der Waals surface area contributed by atoms with Gasteiger partial charge in [0.25, 0.3) is 0 Å². The van der Waals surface area contributed by atoms with Crippen molar-refractivity contribution < 1.29 is 0 Å². The largest absolute Gasteiger partial charge is 0.310 e. The maximum atomic E-state index is 2.51. The first-order valence-corrected chi connectivity index (χ1v) is 16.4. The van der Waals surface area contributed by atoms with E-state index in [1.807, 2.05) is 0 Å². The minimum absolute atomic E-state index is 0.0193. The van der Waals surface area contributed by atoms with Gasteiger partial charge in [-0.1, -0.05) is 133 Å². The molecule has 0 saturated carbocycles. The Labute approximate surface area is 256 Å². The maximum Gasteiger partial charge on any atom is 0.0465 e. The summed E-state index contributed by atoms with van der Waals surface area (Å²) >= 11 is 0. The molecule has 220 valence electrons. The molecule has 42 heavy (non-hydrogen) atoms. The van der Waals surface area contributed by atoms with Crippen molar-refractivity contribution in [1.29, 1.82) is 0 Å². The van der Waals surface area contributed by atoms with E-state index in [1.165, 1.54) is 101 Å². The van der Waals surface area contributed by atoms with Crippen molar-refractivity contribution in [3.8, 4) is 11.1 Å². The number of nitrogens with zero attached hydrogens (tertiary/aromatic N) is 1. The third-order valence-corrected chi connectivity index (χ3v) is 10.0. The predicted molar refractivity (Wildman–Crippen MR) is 184 cm³/mol. The maximum absolute atomic E-state index is 2.51. The van der Waals surface area contributed by atoms with Crippen LogP contribution in [0.3, 0.4) is 0 Å². The van der Waals surface area contributed by atoms with Crippen molar-refractivity contribution >= 4 is 17.1 Å². The van der Waals surface area contributed by atoms with E-state index in [0.717, 1.165) is 6.42 Å². The van der Waals surface area contributed by atoms with Crippen LogP contribution in [0.5, 0.6) is 0 Å². The van der Waals surface area contributed by atoms with Crippen LogP contribution in [0.2, 0.25) is 0 Å². The van der Waals surface area contributed by atoms with Gasteiger partial charge in [-0.3, -0.25) is 0 Å². The molecular formula is C41H51N. The highest BCUT2D eigenvalue weighted by molar-refractivity contribution is 5.86. The fourth-order valence-corrected chi connectivity index (χ4v) is 6.79. The third-order valence-electron chi connectivity index (χ3n) is 10.0. The van der Waals surface area contributed by atoms with E-state index >= 15 is 0 Å². The fourth-order valence-electron chi connectivity index (χ4n) is 6.79. The highest BCUT2D eigenvalue weighted by Crippen LogP contribution is 2.53. The summed E-state index contributed by atoms with van der Waals surface area (Å²) in [6, 6.07) is 32.6. The first-order valence-electron chi connectivity index (χ1n) is 16.4. The molecule has 0 bridgehead atoms. The average molecular weight is 558 g/mol. The molecule has 0 heterocycles. The second-order valence-corrected chi connectivity index (χ2v) is 13.6. The number of hydrogen-bond donors (Lipinski definition) is 0. The van der Waals surface area contributed by atoms with Crippen LogP contribution in [-0.4, -0.2) is 0 Å². The lowest BCUT2D eigenvalue weighted by molar-refractivity contribution is 0.480. The fraction of sp³-hybridized carbons (Fsp3) is 0.415. The molecule has 1 atom stereocenters. The molecule has 0 saturated heterocycles. The van der Waals surface area contributed by atoms with Crippen LogP contribution < -0.4 is 4.90 Å². The molecule has 5 rings (SSSR count). The number of anilines is 3. The van der Waals surface area contributed by atoms with Crippen molar-refractivity contribution in [3.63, 3.8) is 0 Å². The topological polar surface area (TPSA) is 3.24 Å². The Morgan fingerprint density at radius 3 is 1.76 bits per heavy atom. The van der Waals surface area contributed by atoms with Crippen molar-refractivity contribution in [2.45, 2.75) is 111 Å². The van der Waals surface area contributed by atoms with E-state index in [4.69, 9.17) is 0 Å². The Hall–Kier alpha value is -3.32. The summed E-state index contributed by atoms with van der Waals surface area (Å²) < 4.78 is 0. The zero-order chi connectivity index (χ0) is 29.9. The summed E-state index contributed by atoms with van der Waals surface area (Å²) in [6.07, 6.45) is 10.3. The van der Waals surface area contributed by atoms with Gasteiger partial charge in [-0.05, 0) is 96.3 Å². The molecule has 0 spiro atoms. The summed E-state index contributed by atoms with van der Waals surface area (Å²) in [5, 5.41) is 0. The Balaban J connectivity index is 1.57. The van der Waals surface area contributed by atoms with E-state index in [9.17, 15) is 0 Å². The molecule has 0 fully saturated rings. The Morgan fingerprint density at radius 1 is 0.595 bits per heavy atom. The van der Waals surface area contributed by atoms with E-state index in [2.05, 4.69) is 138 Å². The van der Waals surface area contributed by atoms with Crippen LogP contribution >= 0.6 is 0 Å². The van der Waals surface area contributed by atoms with Gasteiger partial charge < -0.3 is 4.90 Å². The van der Waals surface area contributed by atoms with Gasteiger partial charge >= 0.3 is 0 Å². The second-order valence-electron chi connectivity index (χ2n) is 13.6. The quantitative estimate of drug-likeness (QED) is 0.157. The number of unbranched alkanes of at least 4 members (excludes halogenated alkanes) is 5. The minimum atomic E-state index is 0.0193. The van der Waals surface area contributed by atoms with Crippen molar-refractivity contribution in [3.05, 3.63) is 113 Å². The van der Waals surface area contributed by atoms with E-state index in [-0.39, 0.29) is 10.8 Å². The molecule has 1 aliphatic rings. The molecule has 0 amide bonds. The molecule has 1 unspecified atom stereocenters. The van der Waals surface area contributed by atoms with Gasteiger partial charge in [0.2, 0.25) is 0 Å². The predicted octanol–water partition coefficient (Wildman–Crippen LogP) is 12.5. The molecule has 1 heteroatoms. The summed E-state index contributed by atoms with van der Waals surface area (Å²) in [6.45, 7) is 16.2. The van der Waals surface area contributed by atoms with Crippen LogP contribution in [0.25, 0.3) is 11.1 Å². The monoisotopic (exact) mass is 557 g/mol. The van der Waals surface area contributed by atoms with Crippen LogP contribution in [0.1, 0.15) is 114 Å². The van der Waals surface area contributed by atoms with Gasteiger partial charge in [-0.15, -0.1) is 0 Å². The first-order chi connectivity index (χ1) is 20.2. The number of hydrogen-bond acceptors (Lipinski definition) is 1. The first kappa shape index (κ1) is 30.1. The SMILES string of the molecule is CCCCCCCCC1(C)c2cc(C)ccc2-c2ccc(N(c3ccc(C)cc3)c3ccc(C(C)(C)CC)cc3)cc21. The molecule has 4 aromatic carbocycles. The van der Waals surface area contributed by atoms with Gasteiger partial charge in [-0.2, -0.15) is 0 Å². The van der Waals surface area contributed by atoms with E-state index < -0.39 is 0 Å². The van der Waals surface area contributed by atoms with Crippen LogP contribution in [0.4, 0.5) is 17.1 Å². The summed E-state index contributed by atoms with van der Waals surface area (Å²) in [5.41, 5.74) is 13.7. The van der Waals surface area contributed by atoms with Gasteiger partial charge in [0.1, 0.15) is 0 Å². The van der Waals surface area contributed by atoms with Gasteiger partial charge in [0.05, 0.1) is 0 Å². The molecule has 4 aromatic rings. The lowest BCUT2D eigenvalue weighted by Crippen LogP contribution is -2.21. The smallest absolute Gasteiger partial charge is 0.0465 e. The molecule has 1 aliphatic carbocycles. The highest BCUT2D eigenvalue weighted by Gasteiger charge is 2.39. The standard InChI is InChI=1S/C41H51N/c1-8-10-11-12-13-14-27-41(7)38-28-31(4)17-25-36(38)37-26-24-35(29-39(37)41)42(33-20-15-30(3)16-21-33)34-22-18-32(19-23-34)40(5,6)9-2/h15-26,28-29H,8-14,27H2,1-7H3. The number of fused-ring (bicyclic) bond motifs is 3. The van der Waals surface area contributed by atoms with Crippen molar-refractivity contribution in [2.75, 3.05) is 4.90 Å². The van der Waals surface area contributed by atoms with Crippen LogP contribution in [0.15, 0.2) is 84.9 Å². The Bertz CT molecular complexity index is 1490. The molecule has 0 radical (unpaired) electrons.